The van der Waals surface area contributed by atoms with E-state index in [-0.39, 0.29) is 6.04 Å². The second-order valence-electron chi connectivity index (χ2n) is 5.33. The van der Waals surface area contributed by atoms with Gasteiger partial charge in [0.05, 0.1) is 11.8 Å². The molecular formula is C17H18N2O. The van der Waals surface area contributed by atoms with Crippen molar-refractivity contribution in [1.29, 1.82) is 0 Å². The quantitative estimate of drug-likeness (QED) is 0.874. The summed E-state index contributed by atoms with van der Waals surface area (Å²) in [6.45, 7) is 3.96. The molecule has 0 spiro atoms. The Bertz CT molecular complexity index is 662. The van der Waals surface area contributed by atoms with Crippen molar-refractivity contribution < 1.29 is 5.11 Å². The summed E-state index contributed by atoms with van der Waals surface area (Å²) in [5.41, 5.74) is 8.18. The molecule has 0 fully saturated rings. The third kappa shape index (κ3) is 2.27. The maximum absolute atomic E-state index is 10.2. The summed E-state index contributed by atoms with van der Waals surface area (Å²) in [5, 5.41) is 14.6. The SMILES string of the molecule is Cc1cc(C)c(O)c(C2=NN[C@@H](c3ccccc3)C2)c1. The minimum Gasteiger partial charge on any atom is -0.507 e. The van der Waals surface area contributed by atoms with Gasteiger partial charge in [-0.2, -0.15) is 5.10 Å². The number of phenolic OH excluding ortho intramolecular Hbond substituents is 1. The van der Waals surface area contributed by atoms with Crippen molar-refractivity contribution >= 4 is 5.71 Å². The lowest BCUT2D eigenvalue weighted by Gasteiger charge is -2.11. The van der Waals surface area contributed by atoms with E-state index < -0.39 is 0 Å². The van der Waals surface area contributed by atoms with Gasteiger partial charge in [-0.05, 0) is 36.6 Å². The van der Waals surface area contributed by atoms with Crippen LogP contribution in [0.5, 0.6) is 5.75 Å². The van der Waals surface area contributed by atoms with E-state index in [1.165, 1.54) is 5.56 Å². The summed E-state index contributed by atoms with van der Waals surface area (Å²) in [5.74, 6) is 0.338. The number of hydrogen-bond donors (Lipinski definition) is 2. The van der Waals surface area contributed by atoms with Crippen molar-refractivity contribution in [2.45, 2.75) is 26.3 Å². The first-order valence-corrected chi connectivity index (χ1v) is 6.83. The number of aromatic hydroxyl groups is 1. The van der Waals surface area contributed by atoms with Gasteiger partial charge in [-0.3, -0.25) is 0 Å². The summed E-state index contributed by atoms with van der Waals surface area (Å²) in [6, 6.07) is 14.4. The van der Waals surface area contributed by atoms with E-state index in [2.05, 4.69) is 22.7 Å². The highest BCUT2D eigenvalue weighted by molar-refractivity contribution is 6.04. The molecule has 0 saturated heterocycles. The maximum Gasteiger partial charge on any atom is 0.127 e. The largest absolute Gasteiger partial charge is 0.507 e. The van der Waals surface area contributed by atoms with Gasteiger partial charge in [-0.1, -0.05) is 36.4 Å². The average Bonchev–Trinajstić information content (AvgIpc) is 2.93. The minimum atomic E-state index is 0.186. The molecule has 3 heteroatoms. The maximum atomic E-state index is 10.2. The lowest BCUT2D eigenvalue weighted by molar-refractivity contribution is 0.469. The number of nitrogens with one attached hydrogen (secondary N) is 1. The molecule has 0 unspecified atom stereocenters. The standard InChI is InChI=1S/C17H18N2O/c1-11-8-12(2)17(20)14(9-11)16-10-15(18-19-16)13-6-4-3-5-7-13/h3-9,15,18,20H,10H2,1-2H3/t15-/m1/s1. The van der Waals surface area contributed by atoms with Crippen LogP contribution in [0.25, 0.3) is 0 Å². The van der Waals surface area contributed by atoms with Crippen LogP contribution in [0.1, 0.15) is 34.7 Å². The van der Waals surface area contributed by atoms with E-state index in [1.807, 2.05) is 44.2 Å². The molecule has 0 saturated carbocycles. The van der Waals surface area contributed by atoms with Crippen molar-refractivity contribution in [3.05, 3.63) is 64.7 Å². The molecule has 3 rings (SSSR count). The van der Waals surface area contributed by atoms with Gasteiger partial charge in [-0.25, -0.2) is 0 Å². The molecule has 0 aromatic heterocycles. The Labute approximate surface area is 119 Å². The van der Waals surface area contributed by atoms with Gasteiger partial charge in [0.1, 0.15) is 5.75 Å². The molecule has 2 N–H and O–H groups in total. The van der Waals surface area contributed by atoms with E-state index >= 15 is 0 Å². The Morgan fingerprint density at radius 3 is 2.65 bits per heavy atom. The van der Waals surface area contributed by atoms with Crippen LogP contribution >= 0.6 is 0 Å². The highest BCUT2D eigenvalue weighted by Gasteiger charge is 2.23. The second-order valence-corrected chi connectivity index (χ2v) is 5.33. The van der Waals surface area contributed by atoms with Crippen LogP contribution in [0.15, 0.2) is 47.6 Å². The number of phenols is 1. The zero-order valence-corrected chi connectivity index (χ0v) is 11.7. The second kappa shape index (κ2) is 5.00. The Morgan fingerprint density at radius 2 is 1.90 bits per heavy atom. The molecule has 1 aliphatic rings. The van der Waals surface area contributed by atoms with Gasteiger partial charge >= 0.3 is 0 Å². The third-order valence-electron chi connectivity index (χ3n) is 3.71. The Balaban J connectivity index is 1.88. The summed E-state index contributed by atoms with van der Waals surface area (Å²) < 4.78 is 0. The van der Waals surface area contributed by atoms with Crippen LogP contribution in [-0.4, -0.2) is 10.8 Å². The third-order valence-corrected chi connectivity index (χ3v) is 3.71. The van der Waals surface area contributed by atoms with Gasteiger partial charge in [0.25, 0.3) is 0 Å². The van der Waals surface area contributed by atoms with Gasteiger partial charge < -0.3 is 10.5 Å². The lowest BCUT2D eigenvalue weighted by atomic mass is 9.96. The predicted octanol–water partition coefficient (Wildman–Crippen LogP) is 3.45. The van der Waals surface area contributed by atoms with Crippen LogP contribution < -0.4 is 5.43 Å². The zero-order chi connectivity index (χ0) is 14.1. The number of hydrogen-bond acceptors (Lipinski definition) is 3. The topological polar surface area (TPSA) is 44.6 Å². The molecule has 1 aliphatic heterocycles. The zero-order valence-electron chi connectivity index (χ0n) is 11.7. The highest BCUT2D eigenvalue weighted by atomic mass is 16.3. The monoisotopic (exact) mass is 266 g/mol. The summed E-state index contributed by atoms with van der Waals surface area (Å²) in [4.78, 5) is 0. The molecule has 2 aromatic rings. The molecular weight excluding hydrogens is 248 g/mol. The van der Waals surface area contributed by atoms with Crippen molar-refractivity contribution in [3.8, 4) is 5.75 Å². The minimum absolute atomic E-state index is 0.186. The summed E-state index contributed by atoms with van der Waals surface area (Å²) in [6.07, 6.45) is 0.792. The Kier molecular flexibility index (Phi) is 3.18. The van der Waals surface area contributed by atoms with Crippen LogP contribution in [0.2, 0.25) is 0 Å². The lowest BCUT2D eigenvalue weighted by Crippen LogP contribution is -2.09. The number of benzene rings is 2. The predicted molar refractivity (Wildman–Crippen MR) is 81.1 cm³/mol. The van der Waals surface area contributed by atoms with Crippen LogP contribution in [0.3, 0.4) is 0 Å². The van der Waals surface area contributed by atoms with Gasteiger partial charge in [0.2, 0.25) is 0 Å². The van der Waals surface area contributed by atoms with Gasteiger partial charge in [0, 0.05) is 12.0 Å². The molecule has 0 radical (unpaired) electrons. The van der Waals surface area contributed by atoms with E-state index in [4.69, 9.17) is 0 Å². The van der Waals surface area contributed by atoms with Gasteiger partial charge in [-0.15, -0.1) is 0 Å². The fourth-order valence-electron chi connectivity index (χ4n) is 2.67. The average molecular weight is 266 g/mol. The number of nitrogens with zero attached hydrogens (tertiary/aromatic N) is 1. The first-order valence-electron chi connectivity index (χ1n) is 6.83. The highest BCUT2D eigenvalue weighted by Crippen LogP contribution is 2.30. The molecule has 1 atom stereocenters. The molecule has 1 heterocycles. The number of rotatable bonds is 2. The summed E-state index contributed by atoms with van der Waals surface area (Å²) >= 11 is 0. The van der Waals surface area contributed by atoms with Crippen LogP contribution in [0.4, 0.5) is 0 Å². The molecule has 102 valence electrons. The fourth-order valence-corrected chi connectivity index (χ4v) is 2.67. The molecule has 20 heavy (non-hydrogen) atoms. The van der Waals surface area contributed by atoms with E-state index in [0.717, 1.165) is 28.8 Å². The molecule has 2 aromatic carbocycles. The van der Waals surface area contributed by atoms with Crippen LogP contribution in [-0.2, 0) is 0 Å². The first-order chi connectivity index (χ1) is 9.65. The molecule has 0 bridgehead atoms. The molecule has 3 nitrogen and oxygen atoms in total. The van der Waals surface area contributed by atoms with Crippen LogP contribution in [0, 0.1) is 13.8 Å². The summed E-state index contributed by atoms with van der Waals surface area (Å²) in [7, 11) is 0. The molecule has 0 amide bonds. The first kappa shape index (κ1) is 12.7. The van der Waals surface area contributed by atoms with Crippen molar-refractivity contribution in [2.24, 2.45) is 5.10 Å². The Hall–Kier alpha value is -2.29. The number of hydrazone groups is 1. The van der Waals surface area contributed by atoms with E-state index in [0.29, 0.717) is 5.75 Å². The van der Waals surface area contributed by atoms with E-state index in [9.17, 15) is 5.11 Å². The molecule has 0 aliphatic carbocycles. The normalized spacial score (nSPS) is 17.7. The van der Waals surface area contributed by atoms with Crippen molar-refractivity contribution in [3.63, 3.8) is 0 Å². The fraction of sp³-hybridized carbons (Fsp3) is 0.235. The van der Waals surface area contributed by atoms with Gasteiger partial charge in [0.15, 0.2) is 0 Å². The number of aryl methyl sites for hydroxylation is 2. The Morgan fingerprint density at radius 1 is 1.15 bits per heavy atom. The van der Waals surface area contributed by atoms with E-state index in [1.54, 1.807) is 0 Å². The van der Waals surface area contributed by atoms with Crippen molar-refractivity contribution in [1.82, 2.24) is 5.43 Å². The van der Waals surface area contributed by atoms with Crippen molar-refractivity contribution in [2.75, 3.05) is 0 Å². The smallest absolute Gasteiger partial charge is 0.127 e.